The Hall–Kier alpha value is -1.51. The number of carbonyl (C=O) groups excluding carboxylic acids is 1. The number of rotatable bonds is 1. The molecule has 0 bridgehead atoms. The zero-order valence-corrected chi connectivity index (χ0v) is 11.0. The number of fused-ring (bicyclic) bond motifs is 1. The lowest BCUT2D eigenvalue weighted by Crippen LogP contribution is -2.05. The summed E-state index contributed by atoms with van der Waals surface area (Å²) in [7, 11) is 7.29. The molecule has 0 N–H and O–H groups in total. The van der Waals surface area contributed by atoms with Crippen molar-refractivity contribution in [1.29, 1.82) is 0 Å². The van der Waals surface area contributed by atoms with Gasteiger partial charge in [0.05, 0.1) is 11.2 Å². The summed E-state index contributed by atoms with van der Waals surface area (Å²) in [5.74, 6) is 0. The fraction of sp³-hybridized carbons (Fsp3) is 0.357. The molecule has 0 atom stereocenters. The van der Waals surface area contributed by atoms with Gasteiger partial charge in [-0.15, -0.1) is 0 Å². The number of aromatic nitrogens is 1. The van der Waals surface area contributed by atoms with Gasteiger partial charge in [-0.25, -0.2) is 0 Å². The Morgan fingerprint density at radius 3 is 2.12 bits per heavy atom. The van der Waals surface area contributed by atoms with Gasteiger partial charge in [0.25, 0.3) is 0 Å². The van der Waals surface area contributed by atoms with Crippen molar-refractivity contribution in [2.24, 2.45) is 7.05 Å². The van der Waals surface area contributed by atoms with Crippen molar-refractivity contribution in [2.45, 2.75) is 27.7 Å². The molecule has 0 fully saturated rings. The first-order valence-electron chi connectivity index (χ1n) is 5.71. The second-order valence-corrected chi connectivity index (χ2v) is 4.72. The van der Waals surface area contributed by atoms with Gasteiger partial charge >= 0.3 is 0 Å². The molecule has 1 aromatic heterocycles. The summed E-state index contributed by atoms with van der Waals surface area (Å²) >= 11 is 0. The van der Waals surface area contributed by atoms with Crippen LogP contribution in [0.2, 0.25) is 0 Å². The minimum absolute atomic E-state index is 0.377. The molecule has 17 heavy (non-hydrogen) atoms. The summed E-state index contributed by atoms with van der Waals surface area (Å²) < 4.78 is 1.90. The molecule has 86 valence electrons. The van der Waals surface area contributed by atoms with E-state index < -0.39 is 0 Å². The fourth-order valence-corrected chi connectivity index (χ4v) is 2.52. The Bertz CT molecular complexity index is 638. The first kappa shape index (κ1) is 12.0. The monoisotopic (exact) mass is 225 g/mol. The van der Waals surface area contributed by atoms with Gasteiger partial charge in [-0.05, 0) is 56.0 Å². The summed E-state index contributed by atoms with van der Waals surface area (Å²) in [5.41, 5.74) is 6.32. The summed E-state index contributed by atoms with van der Waals surface area (Å²) in [6.45, 7) is 8.42. The van der Waals surface area contributed by atoms with E-state index in [-0.39, 0.29) is 5.68 Å². The van der Waals surface area contributed by atoms with Crippen LogP contribution in [0.5, 0.6) is 0 Å². The van der Waals surface area contributed by atoms with Gasteiger partial charge in [0.15, 0.2) is 7.85 Å². The SMILES string of the molecule is [B]C(=O)c1cc2c(C)c(C)c(C)c(C)c2n1C. The number of hydrogen-bond donors (Lipinski definition) is 0. The smallest absolute Gasteiger partial charge is 0.177 e. The third-order valence-corrected chi connectivity index (χ3v) is 3.93. The van der Waals surface area contributed by atoms with Crippen LogP contribution >= 0.6 is 0 Å². The first-order valence-corrected chi connectivity index (χ1v) is 5.71. The average molecular weight is 225 g/mol. The van der Waals surface area contributed by atoms with Crippen molar-refractivity contribution >= 4 is 24.4 Å². The molecule has 1 aromatic carbocycles. The number of nitrogens with zero attached hydrogens (tertiary/aromatic N) is 1. The van der Waals surface area contributed by atoms with Gasteiger partial charge in [0.2, 0.25) is 0 Å². The lowest BCUT2D eigenvalue weighted by atomic mass is 9.95. The molecule has 0 aliphatic rings. The maximum Gasteiger partial charge on any atom is 0.177 e. The van der Waals surface area contributed by atoms with Crippen molar-refractivity contribution in [3.05, 3.63) is 34.0 Å². The van der Waals surface area contributed by atoms with Crippen LogP contribution in [0.1, 0.15) is 32.7 Å². The third-order valence-electron chi connectivity index (χ3n) is 3.93. The molecule has 1 heterocycles. The molecule has 0 saturated carbocycles. The van der Waals surface area contributed by atoms with Crippen molar-refractivity contribution in [3.8, 4) is 0 Å². The predicted molar refractivity (Wildman–Crippen MR) is 72.0 cm³/mol. The van der Waals surface area contributed by atoms with Crippen molar-refractivity contribution in [2.75, 3.05) is 0 Å². The van der Waals surface area contributed by atoms with Gasteiger partial charge in [-0.3, -0.25) is 0 Å². The maximum absolute atomic E-state index is 11.4. The normalized spacial score (nSPS) is 11.1. The first-order chi connectivity index (χ1) is 7.86. The number of benzene rings is 1. The van der Waals surface area contributed by atoms with E-state index in [2.05, 4.69) is 27.7 Å². The molecule has 2 radical (unpaired) electrons. The quantitative estimate of drug-likeness (QED) is 0.684. The molecule has 3 heteroatoms. The van der Waals surface area contributed by atoms with E-state index >= 15 is 0 Å². The molecule has 0 aliphatic heterocycles. The van der Waals surface area contributed by atoms with Crippen LogP contribution in [0.15, 0.2) is 6.07 Å². The van der Waals surface area contributed by atoms with Crippen LogP contribution in [0.4, 0.5) is 0 Å². The van der Waals surface area contributed by atoms with Gasteiger partial charge in [0.1, 0.15) is 5.68 Å². The van der Waals surface area contributed by atoms with Crippen LogP contribution in [0, 0.1) is 27.7 Å². The number of hydrogen-bond acceptors (Lipinski definition) is 1. The number of carbonyl (C=O) groups is 1. The van der Waals surface area contributed by atoms with Gasteiger partial charge in [0, 0.05) is 12.4 Å². The summed E-state index contributed by atoms with van der Waals surface area (Å²) in [6, 6.07) is 1.90. The molecular formula is C14H16BNO. The topological polar surface area (TPSA) is 22.0 Å². The average Bonchev–Trinajstić information content (AvgIpc) is 2.62. The molecule has 2 aromatic rings. The zero-order valence-electron chi connectivity index (χ0n) is 11.0. The summed E-state index contributed by atoms with van der Waals surface area (Å²) in [4.78, 5) is 11.4. The minimum atomic E-state index is -0.377. The Labute approximate surface area is 103 Å². The van der Waals surface area contributed by atoms with Crippen LogP contribution in [-0.2, 0) is 7.05 Å². The molecular weight excluding hydrogens is 209 g/mol. The Kier molecular flexibility index (Phi) is 2.65. The van der Waals surface area contributed by atoms with Crippen LogP contribution in [0.25, 0.3) is 10.9 Å². The van der Waals surface area contributed by atoms with E-state index in [1.54, 1.807) is 0 Å². The third kappa shape index (κ3) is 1.53. The molecule has 0 saturated heterocycles. The highest BCUT2D eigenvalue weighted by atomic mass is 16.1. The van der Waals surface area contributed by atoms with E-state index in [4.69, 9.17) is 7.85 Å². The molecule has 2 rings (SSSR count). The molecule has 0 aliphatic carbocycles. The highest BCUT2D eigenvalue weighted by molar-refractivity contribution is 6.62. The van der Waals surface area contributed by atoms with Gasteiger partial charge in [-0.1, -0.05) is 0 Å². The zero-order chi connectivity index (χ0) is 12.9. The number of aryl methyl sites for hydroxylation is 3. The van der Waals surface area contributed by atoms with Crippen LogP contribution in [-0.4, -0.2) is 18.1 Å². The summed E-state index contributed by atoms with van der Waals surface area (Å²) in [6.07, 6.45) is 0. The second kappa shape index (κ2) is 3.76. The highest BCUT2D eigenvalue weighted by Crippen LogP contribution is 2.31. The van der Waals surface area contributed by atoms with E-state index in [1.165, 1.54) is 22.3 Å². The van der Waals surface area contributed by atoms with Crippen molar-refractivity contribution in [1.82, 2.24) is 4.57 Å². The molecule has 2 nitrogen and oxygen atoms in total. The predicted octanol–water partition coefficient (Wildman–Crippen LogP) is 2.72. The van der Waals surface area contributed by atoms with Crippen LogP contribution in [0.3, 0.4) is 0 Å². The molecule has 0 amide bonds. The Morgan fingerprint density at radius 2 is 1.59 bits per heavy atom. The Morgan fingerprint density at radius 1 is 1.06 bits per heavy atom. The van der Waals surface area contributed by atoms with Crippen LogP contribution < -0.4 is 0 Å². The minimum Gasteiger partial charge on any atom is -0.342 e. The van der Waals surface area contributed by atoms with E-state index in [1.807, 2.05) is 17.7 Å². The van der Waals surface area contributed by atoms with E-state index in [0.717, 1.165) is 10.9 Å². The lowest BCUT2D eigenvalue weighted by Gasteiger charge is -2.12. The van der Waals surface area contributed by atoms with Crippen molar-refractivity contribution in [3.63, 3.8) is 0 Å². The lowest BCUT2D eigenvalue weighted by molar-refractivity contribution is 0.107. The maximum atomic E-state index is 11.4. The van der Waals surface area contributed by atoms with E-state index in [0.29, 0.717) is 5.69 Å². The fourth-order valence-electron chi connectivity index (χ4n) is 2.52. The van der Waals surface area contributed by atoms with E-state index in [9.17, 15) is 4.79 Å². The molecule has 0 unspecified atom stereocenters. The second-order valence-electron chi connectivity index (χ2n) is 4.72. The van der Waals surface area contributed by atoms with Gasteiger partial charge in [-0.2, -0.15) is 0 Å². The highest BCUT2D eigenvalue weighted by Gasteiger charge is 2.15. The standard InChI is InChI=1S/C14H16BNO/c1-7-8(2)10(4)13-11(9(7)3)6-12(14(15)17)16(13)5/h6H,1-5H3. The molecule has 0 spiro atoms. The van der Waals surface area contributed by atoms with Gasteiger partial charge < -0.3 is 9.36 Å². The largest absolute Gasteiger partial charge is 0.342 e. The van der Waals surface area contributed by atoms with Crippen molar-refractivity contribution < 1.29 is 4.79 Å². The summed E-state index contributed by atoms with van der Waals surface area (Å²) in [5, 5.41) is 1.13. The Balaban J connectivity index is 3.02.